The number of nitrogens with one attached hydrogen (secondary N) is 2. The molecule has 0 saturated carbocycles. The lowest BCUT2D eigenvalue weighted by Crippen LogP contribution is -2.54. The Morgan fingerprint density at radius 2 is 2.03 bits per heavy atom. The molecule has 174 valence electrons. The van der Waals surface area contributed by atoms with Crippen LogP contribution in [0.1, 0.15) is 44.5 Å². The first-order chi connectivity index (χ1) is 15.3. The Bertz CT molecular complexity index is 899. The topological polar surface area (TPSA) is 86.7 Å². The van der Waals surface area contributed by atoms with Gasteiger partial charge in [0.1, 0.15) is 18.4 Å². The molecule has 2 atom stereocenters. The molecule has 32 heavy (non-hydrogen) atoms. The summed E-state index contributed by atoms with van der Waals surface area (Å²) in [6, 6.07) is 9.81. The molecule has 1 aliphatic rings. The number of aliphatic hydroxyl groups is 1. The van der Waals surface area contributed by atoms with Gasteiger partial charge in [-0.25, -0.2) is 0 Å². The highest BCUT2D eigenvalue weighted by molar-refractivity contribution is 5.86. The molecule has 0 aliphatic carbocycles. The first-order valence-corrected chi connectivity index (χ1v) is 11.4. The number of carbonyl (C=O) groups is 1. The average Bonchev–Trinajstić information content (AvgIpc) is 2.76. The summed E-state index contributed by atoms with van der Waals surface area (Å²) in [5, 5.41) is 16.1. The molecule has 1 amide bonds. The van der Waals surface area contributed by atoms with Crippen LogP contribution in [0.15, 0.2) is 36.5 Å². The second-order valence-corrected chi connectivity index (χ2v) is 9.16. The van der Waals surface area contributed by atoms with Crippen molar-refractivity contribution in [1.29, 1.82) is 0 Å². The van der Waals surface area contributed by atoms with E-state index >= 15 is 0 Å². The predicted molar refractivity (Wildman–Crippen MR) is 127 cm³/mol. The van der Waals surface area contributed by atoms with Crippen molar-refractivity contribution in [3.63, 3.8) is 0 Å². The van der Waals surface area contributed by atoms with Crippen molar-refractivity contribution in [2.24, 2.45) is 5.92 Å². The van der Waals surface area contributed by atoms with E-state index in [1.807, 2.05) is 56.3 Å². The van der Waals surface area contributed by atoms with Gasteiger partial charge >= 0.3 is 0 Å². The van der Waals surface area contributed by atoms with E-state index in [-0.39, 0.29) is 30.5 Å². The Morgan fingerprint density at radius 1 is 1.25 bits per heavy atom. The first kappa shape index (κ1) is 24.0. The molecular formula is C25H36N4O3. The molecule has 2 heterocycles. The lowest BCUT2D eigenvalue weighted by atomic mass is 9.95. The second kappa shape index (κ2) is 10.8. The van der Waals surface area contributed by atoms with E-state index in [1.54, 1.807) is 0 Å². The molecule has 3 rings (SSSR count). The Kier molecular flexibility index (Phi) is 8.10. The summed E-state index contributed by atoms with van der Waals surface area (Å²) in [5.41, 5.74) is 4.03. The molecule has 0 radical (unpaired) electrons. The van der Waals surface area contributed by atoms with E-state index in [2.05, 4.69) is 35.5 Å². The minimum atomic E-state index is -0.327. The summed E-state index contributed by atoms with van der Waals surface area (Å²) in [5.74, 6) is 0.782. The Morgan fingerprint density at radius 3 is 2.66 bits per heavy atom. The zero-order chi connectivity index (χ0) is 23.3. The molecule has 7 heteroatoms. The number of hydrogen-bond acceptors (Lipinski definition) is 6. The molecular weight excluding hydrogens is 404 g/mol. The number of pyridine rings is 1. The SMILES string of the molecule is CC(C)NCc1ccc(COc2ccc3c(c2)N(C)[C@H](C(C)C)C(=O)N[C@@H](CO)C3)nc1. The van der Waals surface area contributed by atoms with Crippen molar-refractivity contribution in [3.05, 3.63) is 53.3 Å². The van der Waals surface area contributed by atoms with Crippen LogP contribution in [0.25, 0.3) is 0 Å². The molecule has 3 N–H and O–H groups in total. The smallest absolute Gasteiger partial charge is 0.243 e. The summed E-state index contributed by atoms with van der Waals surface area (Å²) >= 11 is 0. The number of aliphatic hydroxyl groups excluding tert-OH is 1. The number of amides is 1. The molecule has 0 fully saturated rings. The van der Waals surface area contributed by atoms with Gasteiger partial charge in [0.15, 0.2) is 0 Å². The molecule has 1 aromatic heterocycles. The number of carbonyl (C=O) groups excluding carboxylic acids is 1. The van der Waals surface area contributed by atoms with Crippen LogP contribution in [-0.2, 0) is 24.4 Å². The molecule has 1 aliphatic heterocycles. The van der Waals surface area contributed by atoms with E-state index in [4.69, 9.17) is 4.74 Å². The van der Waals surface area contributed by atoms with Crippen molar-refractivity contribution >= 4 is 11.6 Å². The number of likely N-dealkylation sites (N-methyl/N-ethyl adjacent to an activating group) is 1. The highest BCUT2D eigenvalue weighted by atomic mass is 16.5. The lowest BCUT2D eigenvalue weighted by molar-refractivity contribution is -0.124. The quantitative estimate of drug-likeness (QED) is 0.585. The second-order valence-electron chi connectivity index (χ2n) is 9.16. The number of nitrogens with zero attached hydrogens (tertiary/aromatic N) is 2. The Balaban J connectivity index is 1.75. The van der Waals surface area contributed by atoms with Gasteiger partial charge in [-0.15, -0.1) is 0 Å². The van der Waals surface area contributed by atoms with Crippen LogP contribution in [0.2, 0.25) is 0 Å². The monoisotopic (exact) mass is 440 g/mol. The summed E-state index contributed by atoms with van der Waals surface area (Å²) in [4.78, 5) is 19.3. The van der Waals surface area contributed by atoms with Gasteiger partial charge in [-0.3, -0.25) is 9.78 Å². The van der Waals surface area contributed by atoms with Gasteiger partial charge < -0.3 is 25.4 Å². The summed E-state index contributed by atoms with van der Waals surface area (Å²) < 4.78 is 6.04. The highest BCUT2D eigenvalue weighted by Crippen LogP contribution is 2.31. The molecule has 0 unspecified atom stereocenters. The van der Waals surface area contributed by atoms with E-state index < -0.39 is 0 Å². The van der Waals surface area contributed by atoms with Gasteiger partial charge in [-0.1, -0.05) is 39.8 Å². The standard InChI is InChI=1S/C25H36N4O3/c1-16(2)24-25(31)28-21(14-30)10-19-7-9-22(11-23(19)29(24)5)32-15-20-8-6-18(13-27-20)12-26-17(3)4/h6-9,11,13,16-17,21,24,26,30H,10,12,14-15H2,1-5H3,(H,28,31)/t21-,24-/m1/s1. The largest absolute Gasteiger partial charge is 0.487 e. The van der Waals surface area contributed by atoms with Gasteiger partial charge in [0.25, 0.3) is 0 Å². The van der Waals surface area contributed by atoms with Crippen molar-refractivity contribution in [1.82, 2.24) is 15.6 Å². The number of rotatable bonds is 8. The number of aromatic nitrogens is 1. The molecule has 1 aromatic carbocycles. The van der Waals surface area contributed by atoms with Gasteiger partial charge in [-0.2, -0.15) is 0 Å². The minimum absolute atomic E-state index is 0.0604. The fraction of sp³-hybridized carbons (Fsp3) is 0.520. The molecule has 7 nitrogen and oxygen atoms in total. The van der Waals surface area contributed by atoms with Crippen LogP contribution < -0.4 is 20.3 Å². The predicted octanol–water partition coefficient (Wildman–Crippen LogP) is 2.65. The molecule has 0 bridgehead atoms. The Labute approximate surface area is 191 Å². The minimum Gasteiger partial charge on any atom is -0.487 e. The van der Waals surface area contributed by atoms with Gasteiger partial charge in [-0.05, 0) is 35.6 Å². The van der Waals surface area contributed by atoms with Crippen LogP contribution in [0.3, 0.4) is 0 Å². The van der Waals surface area contributed by atoms with Crippen LogP contribution in [0, 0.1) is 5.92 Å². The third-order valence-electron chi connectivity index (χ3n) is 5.77. The summed E-state index contributed by atoms with van der Waals surface area (Å²) in [7, 11) is 1.94. The van der Waals surface area contributed by atoms with Crippen LogP contribution in [0.4, 0.5) is 5.69 Å². The van der Waals surface area contributed by atoms with Crippen molar-refractivity contribution in [2.75, 3.05) is 18.6 Å². The summed E-state index contributed by atoms with van der Waals surface area (Å²) in [6.45, 7) is 9.37. The lowest BCUT2D eigenvalue weighted by Gasteiger charge is -2.37. The number of benzene rings is 1. The maximum absolute atomic E-state index is 12.8. The fourth-order valence-corrected chi connectivity index (χ4v) is 4.05. The zero-order valence-electron chi connectivity index (χ0n) is 19.8. The highest BCUT2D eigenvalue weighted by Gasteiger charge is 2.32. The maximum Gasteiger partial charge on any atom is 0.243 e. The van der Waals surface area contributed by atoms with Crippen LogP contribution >= 0.6 is 0 Å². The molecule has 0 spiro atoms. The molecule has 0 saturated heterocycles. The summed E-state index contributed by atoms with van der Waals surface area (Å²) in [6.07, 6.45) is 2.45. The van der Waals surface area contributed by atoms with Crippen LogP contribution in [0.5, 0.6) is 5.75 Å². The normalized spacial score (nSPS) is 18.9. The molecule has 2 aromatic rings. The third kappa shape index (κ3) is 5.99. The van der Waals surface area contributed by atoms with E-state index in [9.17, 15) is 9.90 Å². The number of ether oxygens (including phenoxy) is 1. The number of anilines is 1. The van der Waals surface area contributed by atoms with E-state index in [0.717, 1.165) is 34.8 Å². The van der Waals surface area contributed by atoms with Crippen molar-refractivity contribution < 1.29 is 14.6 Å². The van der Waals surface area contributed by atoms with Gasteiger partial charge in [0.2, 0.25) is 5.91 Å². The number of fused-ring (bicyclic) bond motifs is 1. The van der Waals surface area contributed by atoms with Crippen LogP contribution in [-0.4, -0.2) is 47.8 Å². The Hall–Kier alpha value is -2.64. The van der Waals surface area contributed by atoms with Crippen molar-refractivity contribution in [2.45, 2.75) is 65.4 Å². The zero-order valence-corrected chi connectivity index (χ0v) is 19.8. The van der Waals surface area contributed by atoms with E-state index in [0.29, 0.717) is 19.1 Å². The maximum atomic E-state index is 12.8. The van der Waals surface area contributed by atoms with Gasteiger partial charge in [0, 0.05) is 37.6 Å². The van der Waals surface area contributed by atoms with Gasteiger partial charge in [0.05, 0.1) is 18.3 Å². The third-order valence-corrected chi connectivity index (χ3v) is 5.77. The average molecular weight is 441 g/mol. The first-order valence-electron chi connectivity index (χ1n) is 11.4. The fourth-order valence-electron chi connectivity index (χ4n) is 4.05. The van der Waals surface area contributed by atoms with Crippen molar-refractivity contribution in [3.8, 4) is 5.75 Å². The number of hydrogen-bond donors (Lipinski definition) is 3. The van der Waals surface area contributed by atoms with E-state index in [1.165, 1.54) is 0 Å².